The van der Waals surface area contributed by atoms with Crippen LogP contribution < -0.4 is 0 Å². The molecule has 4 heteroatoms. The summed E-state index contributed by atoms with van der Waals surface area (Å²) < 4.78 is 0.295. The van der Waals surface area contributed by atoms with E-state index in [0.717, 1.165) is 26.1 Å². The molecule has 1 heterocycles. The standard InChI is InChI=1S/C24H31IN2O/c25-24-23(28)15-16-27(24)22-13-11-21(12-14-22)26(17-19-7-3-1-4-8-19)18-20-9-5-2-6-10-20/h1-10,21-24,28H,11-18H2/t21?,22?,23-,24?/m1/s1. The lowest BCUT2D eigenvalue weighted by atomic mass is 9.88. The molecule has 0 aromatic heterocycles. The molecule has 1 saturated carbocycles. The quantitative estimate of drug-likeness (QED) is 0.357. The highest BCUT2D eigenvalue weighted by molar-refractivity contribution is 14.1. The fourth-order valence-corrected chi connectivity index (χ4v) is 5.95. The van der Waals surface area contributed by atoms with Crippen LogP contribution in [0.5, 0.6) is 0 Å². The third-order valence-corrected chi connectivity index (χ3v) is 7.97. The van der Waals surface area contributed by atoms with Gasteiger partial charge in [0.05, 0.1) is 10.2 Å². The average molecular weight is 490 g/mol. The van der Waals surface area contributed by atoms with Gasteiger partial charge in [0.15, 0.2) is 0 Å². The summed E-state index contributed by atoms with van der Waals surface area (Å²) in [7, 11) is 0. The van der Waals surface area contributed by atoms with Gasteiger partial charge in [-0.1, -0.05) is 83.3 Å². The van der Waals surface area contributed by atoms with Gasteiger partial charge in [-0.3, -0.25) is 9.80 Å². The highest BCUT2D eigenvalue weighted by atomic mass is 127. The number of likely N-dealkylation sites (tertiary alicyclic amines) is 1. The molecule has 1 saturated heterocycles. The Morgan fingerprint density at radius 3 is 1.82 bits per heavy atom. The minimum atomic E-state index is -0.147. The maximum atomic E-state index is 10.1. The van der Waals surface area contributed by atoms with E-state index in [4.69, 9.17) is 0 Å². The van der Waals surface area contributed by atoms with E-state index >= 15 is 0 Å². The number of hydrogen-bond donors (Lipinski definition) is 1. The molecule has 1 N–H and O–H groups in total. The van der Waals surface area contributed by atoms with Crippen molar-refractivity contribution in [1.82, 2.24) is 9.80 Å². The molecule has 1 aliphatic heterocycles. The first kappa shape index (κ1) is 20.3. The zero-order chi connectivity index (χ0) is 19.3. The van der Waals surface area contributed by atoms with E-state index in [1.54, 1.807) is 0 Å². The third-order valence-electron chi connectivity index (χ3n) is 6.43. The van der Waals surface area contributed by atoms with Gasteiger partial charge in [0.2, 0.25) is 0 Å². The second-order valence-corrected chi connectivity index (χ2v) is 9.58. The van der Waals surface area contributed by atoms with E-state index in [2.05, 4.69) is 93.1 Å². The zero-order valence-electron chi connectivity index (χ0n) is 16.5. The monoisotopic (exact) mass is 490 g/mol. The van der Waals surface area contributed by atoms with Crippen LogP contribution in [0.3, 0.4) is 0 Å². The predicted molar refractivity (Wildman–Crippen MR) is 123 cm³/mol. The Morgan fingerprint density at radius 2 is 1.36 bits per heavy atom. The Balaban J connectivity index is 1.42. The molecule has 2 fully saturated rings. The molecule has 4 rings (SSSR count). The van der Waals surface area contributed by atoms with Crippen LogP contribution in [0.1, 0.15) is 43.2 Å². The Kier molecular flexibility index (Phi) is 7.04. The van der Waals surface area contributed by atoms with Crippen LogP contribution >= 0.6 is 22.6 Å². The lowest BCUT2D eigenvalue weighted by Crippen LogP contribution is -2.45. The molecule has 2 aliphatic rings. The van der Waals surface area contributed by atoms with Crippen molar-refractivity contribution in [2.24, 2.45) is 0 Å². The van der Waals surface area contributed by atoms with Crippen molar-refractivity contribution in [2.45, 2.75) is 67.4 Å². The van der Waals surface area contributed by atoms with Crippen LogP contribution in [0, 0.1) is 0 Å². The van der Waals surface area contributed by atoms with Gasteiger partial charge < -0.3 is 5.11 Å². The Labute approximate surface area is 182 Å². The minimum absolute atomic E-state index is 0.147. The fourth-order valence-electron chi connectivity index (χ4n) is 4.85. The molecule has 0 radical (unpaired) electrons. The van der Waals surface area contributed by atoms with Crippen molar-refractivity contribution >= 4 is 22.6 Å². The highest BCUT2D eigenvalue weighted by Gasteiger charge is 2.37. The second kappa shape index (κ2) is 9.70. The van der Waals surface area contributed by atoms with Gasteiger partial charge in [0.1, 0.15) is 0 Å². The van der Waals surface area contributed by atoms with Crippen LogP contribution in [0.25, 0.3) is 0 Å². The molecule has 1 unspecified atom stereocenters. The largest absolute Gasteiger partial charge is 0.391 e. The molecule has 0 spiro atoms. The lowest BCUT2D eigenvalue weighted by Gasteiger charge is -2.41. The van der Waals surface area contributed by atoms with Gasteiger partial charge in [-0.25, -0.2) is 0 Å². The second-order valence-electron chi connectivity index (χ2n) is 8.31. The molecular weight excluding hydrogens is 459 g/mol. The van der Waals surface area contributed by atoms with E-state index in [1.165, 1.54) is 36.8 Å². The van der Waals surface area contributed by atoms with Crippen molar-refractivity contribution in [3.8, 4) is 0 Å². The summed E-state index contributed by atoms with van der Waals surface area (Å²) in [5.74, 6) is 0. The lowest BCUT2D eigenvalue weighted by molar-refractivity contribution is 0.0841. The minimum Gasteiger partial charge on any atom is -0.391 e. The zero-order valence-corrected chi connectivity index (χ0v) is 18.6. The van der Waals surface area contributed by atoms with Gasteiger partial charge >= 0.3 is 0 Å². The summed E-state index contributed by atoms with van der Waals surface area (Å²) in [4.78, 5) is 5.24. The van der Waals surface area contributed by atoms with Gasteiger partial charge in [-0.2, -0.15) is 0 Å². The molecule has 1 aliphatic carbocycles. The maximum absolute atomic E-state index is 10.1. The summed E-state index contributed by atoms with van der Waals surface area (Å²) in [6.07, 6.45) is 5.78. The first-order chi connectivity index (χ1) is 13.7. The van der Waals surface area contributed by atoms with Crippen LogP contribution in [0.4, 0.5) is 0 Å². The molecule has 2 aromatic carbocycles. The van der Waals surface area contributed by atoms with E-state index in [-0.39, 0.29) is 6.10 Å². The van der Waals surface area contributed by atoms with Crippen LogP contribution in [0.2, 0.25) is 0 Å². The number of hydrogen-bond acceptors (Lipinski definition) is 3. The molecule has 0 amide bonds. The summed E-state index contributed by atoms with van der Waals surface area (Å²) in [6.45, 7) is 3.09. The normalized spacial score (nSPS) is 28.7. The first-order valence-corrected chi connectivity index (χ1v) is 11.8. The SMILES string of the molecule is O[C@@H]1CCN(C2CCC(N(Cc3ccccc3)Cc3ccccc3)CC2)C1I. The smallest absolute Gasteiger partial charge is 0.0884 e. The van der Waals surface area contributed by atoms with Crippen molar-refractivity contribution in [1.29, 1.82) is 0 Å². The molecule has 0 bridgehead atoms. The summed E-state index contributed by atoms with van der Waals surface area (Å²) in [5, 5.41) is 10.1. The average Bonchev–Trinajstić information content (AvgIpc) is 3.08. The topological polar surface area (TPSA) is 26.7 Å². The van der Waals surface area contributed by atoms with Gasteiger partial charge in [0, 0.05) is 31.7 Å². The third kappa shape index (κ3) is 4.96. The van der Waals surface area contributed by atoms with Gasteiger partial charge in [-0.05, 0) is 43.2 Å². The maximum Gasteiger partial charge on any atom is 0.0884 e. The van der Waals surface area contributed by atoms with E-state index in [9.17, 15) is 5.11 Å². The highest BCUT2D eigenvalue weighted by Crippen LogP contribution is 2.34. The molecule has 2 aromatic rings. The number of benzene rings is 2. The van der Waals surface area contributed by atoms with Gasteiger partial charge in [-0.15, -0.1) is 0 Å². The van der Waals surface area contributed by atoms with Crippen molar-refractivity contribution in [3.05, 3.63) is 71.8 Å². The molecular formula is C24H31IN2O. The van der Waals surface area contributed by atoms with E-state index < -0.39 is 0 Å². The molecule has 2 atom stereocenters. The summed E-state index contributed by atoms with van der Waals surface area (Å²) in [5.41, 5.74) is 2.80. The number of aliphatic hydroxyl groups excluding tert-OH is 1. The summed E-state index contributed by atoms with van der Waals surface area (Å²) >= 11 is 2.44. The number of aliphatic hydroxyl groups is 1. The first-order valence-electron chi connectivity index (χ1n) is 10.6. The summed E-state index contributed by atoms with van der Waals surface area (Å²) in [6, 6.07) is 23.0. The van der Waals surface area contributed by atoms with E-state index in [1.807, 2.05) is 0 Å². The van der Waals surface area contributed by atoms with Crippen molar-refractivity contribution in [2.75, 3.05) is 6.54 Å². The van der Waals surface area contributed by atoms with Gasteiger partial charge in [0.25, 0.3) is 0 Å². The Hall–Kier alpha value is -0.950. The predicted octanol–water partition coefficient (Wildman–Crippen LogP) is 4.83. The molecule has 150 valence electrons. The Bertz CT molecular complexity index is 676. The number of halogens is 1. The van der Waals surface area contributed by atoms with Crippen molar-refractivity contribution < 1.29 is 5.11 Å². The van der Waals surface area contributed by atoms with Crippen LogP contribution in [0.15, 0.2) is 60.7 Å². The number of alkyl halides is 1. The molecule has 3 nitrogen and oxygen atoms in total. The van der Waals surface area contributed by atoms with Crippen LogP contribution in [-0.2, 0) is 13.1 Å². The van der Waals surface area contributed by atoms with Crippen molar-refractivity contribution in [3.63, 3.8) is 0 Å². The fraction of sp³-hybridized carbons (Fsp3) is 0.500. The number of nitrogens with zero attached hydrogens (tertiary/aromatic N) is 2. The van der Waals surface area contributed by atoms with Crippen LogP contribution in [-0.4, -0.2) is 43.7 Å². The number of rotatable bonds is 6. The van der Waals surface area contributed by atoms with E-state index in [0.29, 0.717) is 16.1 Å². The molecule has 28 heavy (non-hydrogen) atoms. The Morgan fingerprint density at radius 1 is 0.821 bits per heavy atom.